The number of terminal acetylenes is 1. The Kier molecular flexibility index (Phi) is 6.63. The van der Waals surface area contributed by atoms with Crippen LogP contribution in [0.1, 0.15) is 24.7 Å². The molecule has 0 aliphatic heterocycles. The SMILES string of the molecule is C#CC(=C\F)/C=C(O[C@H]1C[C@H]1C)\C(C#N)=C\c1c(-c2ccc3c(=O)[nH]nc(CN)c3c2)cnn1C. The number of halogens is 1. The van der Waals surface area contributed by atoms with Gasteiger partial charge in [-0.25, -0.2) is 9.49 Å². The number of nitriles is 1. The van der Waals surface area contributed by atoms with Crippen LogP contribution in [0.3, 0.4) is 0 Å². The quantitative estimate of drug-likeness (QED) is 0.236. The Balaban J connectivity index is 1.84. The summed E-state index contributed by atoms with van der Waals surface area (Å²) in [7, 11) is 1.74. The van der Waals surface area contributed by atoms with Gasteiger partial charge in [-0.1, -0.05) is 18.9 Å². The Labute approximate surface area is 201 Å². The summed E-state index contributed by atoms with van der Waals surface area (Å²) in [6.45, 7) is 2.18. The molecule has 1 aliphatic carbocycles. The molecule has 1 aliphatic rings. The monoisotopic (exact) mass is 470 g/mol. The molecule has 0 spiro atoms. The Morgan fingerprint density at radius 3 is 2.86 bits per heavy atom. The van der Waals surface area contributed by atoms with Gasteiger partial charge in [0, 0.05) is 24.5 Å². The van der Waals surface area contributed by atoms with E-state index in [9.17, 15) is 14.4 Å². The van der Waals surface area contributed by atoms with Crippen LogP contribution in [-0.2, 0) is 18.3 Å². The van der Waals surface area contributed by atoms with Gasteiger partial charge in [-0.05, 0) is 42.2 Å². The zero-order valence-electron chi connectivity index (χ0n) is 19.2. The van der Waals surface area contributed by atoms with Gasteiger partial charge in [0.2, 0.25) is 0 Å². The molecule has 1 aromatic carbocycles. The van der Waals surface area contributed by atoms with Gasteiger partial charge in [-0.3, -0.25) is 9.48 Å². The van der Waals surface area contributed by atoms with Crippen LogP contribution in [0.5, 0.6) is 0 Å². The van der Waals surface area contributed by atoms with E-state index in [1.54, 1.807) is 36.1 Å². The Hall–Kier alpha value is -4.47. The normalized spacial score (nSPS) is 18.3. The van der Waals surface area contributed by atoms with E-state index in [1.807, 2.05) is 13.0 Å². The van der Waals surface area contributed by atoms with Crippen molar-refractivity contribution in [2.24, 2.45) is 18.7 Å². The van der Waals surface area contributed by atoms with Gasteiger partial charge in [-0.2, -0.15) is 15.5 Å². The fraction of sp³-hybridized carbons (Fsp3) is 0.231. The summed E-state index contributed by atoms with van der Waals surface area (Å²) < 4.78 is 20.8. The molecule has 0 radical (unpaired) electrons. The molecule has 4 rings (SSSR count). The van der Waals surface area contributed by atoms with Crippen LogP contribution in [0.25, 0.3) is 28.0 Å². The molecule has 2 heterocycles. The molecule has 35 heavy (non-hydrogen) atoms. The number of nitrogens with two attached hydrogens (primary N) is 1. The molecule has 0 amide bonds. The van der Waals surface area contributed by atoms with Gasteiger partial charge >= 0.3 is 0 Å². The lowest BCUT2D eigenvalue weighted by atomic mass is 10.0. The minimum absolute atomic E-state index is 0.0405. The summed E-state index contributed by atoms with van der Waals surface area (Å²) in [5.74, 6) is 2.76. The smallest absolute Gasteiger partial charge is 0.272 e. The first-order valence-electron chi connectivity index (χ1n) is 10.9. The number of rotatable bonds is 7. The van der Waals surface area contributed by atoms with Gasteiger partial charge in [0.25, 0.3) is 5.56 Å². The summed E-state index contributed by atoms with van der Waals surface area (Å²) >= 11 is 0. The van der Waals surface area contributed by atoms with Crippen LogP contribution >= 0.6 is 0 Å². The van der Waals surface area contributed by atoms with Gasteiger partial charge in [0.1, 0.15) is 24.3 Å². The van der Waals surface area contributed by atoms with Crippen LogP contribution in [0.15, 0.2) is 58.5 Å². The van der Waals surface area contributed by atoms with Crippen molar-refractivity contribution in [3.8, 4) is 29.5 Å². The highest BCUT2D eigenvalue weighted by Crippen LogP contribution is 2.37. The molecule has 0 saturated heterocycles. The first-order chi connectivity index (χ1) is 16.9. The summed E-state index contributed by atoms with van der Waals surface area (Å²) in [6.07, 6.45) is 11.1. The van der Waals surface area contributed by atoms with E-state index in [4.69, 9.17) is 16.9 Å². The van der Waals surface area contributed by atoms with Crippen molar-refractivity contribution in [2.75, 3.05) is 0 Å². The molecule has 2 atom stereocenters. The third kappa shape index (κ3) is 4.77. The van der Waals surface area contributed by atoms with Crippen molar-refractivity contribution in [2.45, 2.75) is 26.0 Å². The number of hydrogen-bond acceptors (Lipinski definition) is 6. The molecule has 176 valence electrons. The number of allylic oxidation sites excluding steroid dienone is 3. The van der Waals surface area contributed by atoms with Crippen LogP contribution in [0.4, 0.5) is 4.39 Å². The fourth-order valence-electron chi connectivity index (χ4n) is 3.72. The molecule has 2 aromatic heterocycles. The van der Waals surface area contributed by atoms with Crippen LogP contribution in [0, 0.1) is 29.6 Å². The van der Waals surface area contributed by atoms with E-state index < -0.39 is 0 Å². The highest BCUT2D eigenvalue weighted by atomic mass is 19.1. The second kappa shape index (κ2) is 9.80. The molecule has 8 nitrogen and oxygen atoms in total. The Bertz CT molecular complexity index is 1530. The van der Waals surface area contributed by atoms with Crippen molar-refractivity contribution in [3.63, 3.8) is 0 Å². The predicted octanol–water partition coefficient (Wildman–Crippen LogP) is 3.48. The lowest BCUT2D eigenvalue weighted by molar-refractivity contribution is 0.195. The standard InChI is InChI=1S/C26H23FN6O2/c1-4-16(11-27)8-25(35-24-7-15(24)2)18(12-28)10-23-21(14-30-33(23)3)17-5-6-19-20(9-17)22(13-29)31-32-26(19)34/h1,5-6,8-11,14-15,24H,7,13,29H2,2-3H3,(H,32,34)/b16-11+,18-10+,25-8+/t15-,24+/m1/s1. The maximum atomic E-state index is 13.2. The van der Waals surface area contributed by atoms with Gasteiger partial charge < -0.3 is 10.5 Å². The number of aryl methyl sites for hydroxylation is 1. The van der Waals surface area contributed by atoms with Gasteiger partial charge in [-0.15, -0.1) is 6.42 Å². The zero-order chi connectivity index (χ0) is 25.1. The molecule has 0 bridgehead atoms. The van der Waals surface area contributed by atoms with Crippen molar-refractivity contribution < 1.29 is 9.13 Å². The molecule has 1 saturated carbocycles. The first kappa shape index (κ1) is 23.7. The number of benzene rings is 1. The van der Waals surface area contributed by atoms with E-state index in [1.165, 1.54) is 6.08 Å². The highest BCUT2D eigenvalue weighted by Gasteiger charge is 2.36. The lowest BCUT2D eigenvalue weighted by Gasteiger charge is -2.11. The van der Waals surface area contributed by atoms with Crippen molar-refractivity contribution in [1.29, 1.82) is 5.26 Å². The average molecular weight is 471 g/mol. The molecule has 3 N–H and O–H groups in total. The van der Waals surface area contributed by atoms with E-state index in [-0.39, 0.29) is 35.1 Å². The maximum absolute atomic E-state index is 13.2. The molecule has 0 unspecified atom stereocenters. The number of aromatic amines is 1. The van der Waals surface area contributed by atoms with Gasteiger partial charge in [0.15, 0.2) is 0 Å². The predicted molar refractivity (Wildman–Crippen MR) is 131 cm³/mol. The van der Waals surface area contributed by atoms with Crippen molar-refractivity contribution in [3.05, 3.63) is 75.4 Å². The molecule has 1 fully saturated rings. The van der Waals surface area contributed by atoms with Gasteiger partial charge in [0.05, 0.1) is 34.1 Å². The molecule has 3 aromatic rings. The summed E-state index contributed by atoms with van der Waals surface area (Å²) in [5, 5.41) is 21.9. The number of nitrogens with zero attached hydrogens (tertiary/aromatic N) is 4. The second-order valence-corrected chi connectivity index (χ2v) is 8.29. The third-order valence-corrected chi connectivity index (χ3v) is 5.91. The minimum Gasteiger partial charge on any atom is -0.489 e. The molecular weight excluding hydrogens is 447 g/mol. The second-order valence-electron chi connectivity index (χ2n) is 8.29. The largest absolute Gasteiger partial charge is 0.489 e. The number of ether oxygens (including phenoxy) is 1. The number of hydrogen-bond donors (Lipinski definition) is 2. The number of H-pyrrole nitrogens is 1. The average Bonchev–Trinajstić information content (AvgIpc) is 3.44. The number of fused-ring (bicyclic) bond motifs is 1. The summed E-state index contributed by atoms with van der Waals surface area (Å²) in [4.78, 5) is 12.2. The Morgan fingerprint density at radius 2 is 2.23 bits per heavy atom. The van der Waals surface area contributed by atoms with E-state index in [0.29, 0.717) is 40.0 Å². The van der Waals surface area contributed by atoms with E-state index in [0.717, 1.165) is 12.0 Å². The minimum atomic E-state index is -0.312. The molecule has 9 heteroatoms. The summed E-state index contributed by atoms with van der Waals surface area (Å²) in [6, 6.07) is 7.45. The molecular formula is C26H23FN6O2. The summed E-state index contributed by atoms with van der Waals surface area (Å²) in [5.41, 5.74) is 8.26. The van der Waals surface area contributed by atoms with Crippen LogP contribution in [0.2, 0.25) is 0 Å². The lowest BCUT2D eigenvalue weighted by Crippen LogP contribution is -2.13. The van der Waals surface area contributed by atoms with Crippen molar-refractivity contribution in [1.82, 2.24) is 20.0 Å². The van der Waals surface area contributed by atoms with Crippen LogP contribution < -0.4 is 11.3 Å². The Morgan fingerprint density at radius 1 is 1.46 bits per heavy atom. The first-order valence-corrected chi connectivity index (χ1v) is 10.9. The number of nitrogens with one attached hydrogen (secondary N) is 1. The van der Waals surface area contributed by atoms with E-state index in [2.05, 4.69) is 27.3 Å². The topological polar surface area (TPSA) is 123 Å². The van der Waals surface area contributed by atoms with Crippen molar-refractivity contribution >= 4 is 16.8 Å². The van der Waals surface area contributed by atoms with Crippen LogP contribution in [-0.4, -0.2) is 26.1 Å². The van der Waals surface area contributed by atoms with E-state index >= 15 is 0 Å². The fourth-order valence-corrected chi connectivity index (χ4v) is 3.72. The third-order valence-electron chi connectivity index (χ3n) is 5.91. The maximum Gasteiger partial charge on any atom is 0.272 e. The zero-order valence-corrected chi connectivity index (χ0v) is 19.2. The number of aromatic nitrogens is 4. The highest BCUT2D eigenvalue weighted by molar-refractivity contribution is 5.89.